The molecule has 0 radical (unpaired) electrons. The monoisotopic (exact) mass is 488 g/mol. The van der Waals surface area contributed by atoms with Crippen molar-refractivity contribution in [3.05, 3.63) is 107 Å². The van der Waals surface area contributed by atoms with Crippen molar-refractivity contribution in [1.82, 2.24) is 5.32 Å². The number of benzene rings is 3. The highest BCUT2D eigenvalue weighted by Crippen LogP contribution is 2.33. The van der Waals surface area contributed by atoms with E-state index in [1.807, 2.05) is 30.3 Å². The lowest BCUT2D eigenvalue weighted by Gasteiger charge is -2.24. The van der Waals surface area contributed by atoms with Crippen LogP contribution >= 0.6 is 23.2 Å². The average Bonchev–Trinajstić information content (AvgIpc) is 2.79. The van der Waals surface area contributed by atoms with Gasteiger partial charge in [-0.3, -0.25) is 9.10 Å². The zero-order chi connectivity index (χ0) is 23.1. The minimum atomic E-state index is -4.12. The van der Waals surface area contributed by atoms with Crippen LogP contribution in [-0.4, -0.2) is 27.4 Å². The number of nitrogens with one attached hydrogen (secondary N) is 1. The molecule has 0 aliphatic rings. The zero-order valence-electron chi connectivity index (χ0n) is 17.2. The lowest BCUT2D eigenvalue weighted by atomic mass is 10.1. The summed E-state index contributed by atoms with van der Waals surface area (Å²) in [5, 5.41) is 3.09. The molecular weight excluding hydrogens is 467 g/mol. The Morgan fingerprint density at radius 1 is 0.969 bits per heavy atom. The van der Waals surface area contributed by atoms with Crippen LogP contribution in [-0.2, 0) is 16.4 Å². The normalized spacial score (nSPS) is 11.1. The fraction of sp³-hybridized carbons (Fsp3) is 0.125. The number of carbonyl (C=O) groups is 1. The maximum Gasteiger partial charge on any atom is 0.266 e. The number of nitrogens with zero attached hydrogens (tertiary/aromatic N) is 1. The lowest BCUT2D eigenvalue weighted by Crippen LogP contribution is -2.32. The van der Waals surface area contributed by atoms with E-state index in [0.29, 0.717) is 18.7 Å². The number of para-hydroxylation sites is 1. The predicted octanol–water partition coefficient (Wildman–Crippen LogP) is 5.35. The van der Waals surface area contributed by atoms with Gasteiger partial charge in [0.25, 0.3) is 15.9 Å². The Morgan fingerprint density at radius 3 is 2.34 bits per heavy atom. The molecule has 8 heteroatoms. The van der Waals surface area contributed by atoms with Crippen molar-refractivity contribution in [2.45, 2.75) is 11.3 Å². The van der Waals surface area contributed by atoms with E-state index in [-0.39, 0.29) is 33.0 Å². The van der Waals surface area contributed by atoms with Gasteiger partial charge in [0.05, 0.1) is 22.3 Å². The number of carbonyl (C=O) groups excluding carboxylic acids is 1. The Morgan fingerprint density at radius 2 is 1.66 bits per heavy atom. The zero-order valence-corrected chi connectivity index (χ0v) is 19.5. The molecule has 166 valence electrons. The van der Waals surface area contributed by atoms with Crippen molar-refractivity contribution in [3.8, 4) is 0 Å². The van der Waals surface area contributed by atoms with Crippen LogP contribution in [0.1, 0.15) is 15.9 Å². The fourth-order valence-electron chi connectivity index (χ4n) is 3.13. The van der Waals surface area contributed by atoms with Crippen molar-refractivity contribution >= 4 is 44.8 Å². The summed E-state index contributed by atoms with van der Waals surface area (Å²) in [6.07, 6.45) is 2.11. The van der Waals surface area contributed by atoms with Crippen molar-refractivity contribution in [2.24, 2.45) is 0 Å². The molecule has 1 amide bonds. The van der Waals surface area contributed by atoms with E-state index < -0.39 is 10.0 Å². The molecule has 0 aliphatic carbocycles. The molecule has 0 bridgehead atoms. The summed E-state index contributed by atoms with van der Waals surface area (Å²) < 4.78 is 28.1. The first kappa shape index (κ1) is 23.9. The standard InChI is InChI=1S/C24H22Cl2N2O3S/c1-2-16-28(22-11-7-6-10-20(22)25)32(30,31)23-17-19(12-13-21(23)26)24(29)27-15-14-18-8-4-3-5-9-18/h2-13,17H,1,14-16H2,(H,27,29). The Hall–Kier alpha value is -2.80. The summed E-state index contributed by atoms with van der Waals surface area (Å²) in [5.41, 5.74) is 1.58. The third-order valence-corrected chi connectivity index (χ3v) is 7.30. The van der Waals surface area contributed by atoms with Gasteiger partial charge in [-0.1, -0.05) is 71.7 Å². The van der Waals surface area contributed by atoms with Crippen LogP contribution in [0, 0.1) is 0 Å². The third-order valence-electron chi connectivity index (χ3n) is 4.72. The predicted molar refractivity (Wildman–Crippen MR) is 130 cm³/mol. The van der Waals surface area contributed by atoms with E-state index in [1.54, 1.807) is 24.3 Å². The Bertz CT molecular complexity index is 1210. The van der Waals surface area contributed by atoms with Gasteiger partial charge in [-0.25, -0.2) is 8.42 Å². The quantitative estimate of drug-likeness (QED) is 0.413. The summed E-state index contributed by atoms with van der Waals surface area (Å²) in [6, 6.07) is 20.5. The first-order chi connectivity index (χ1) is 15.3. The summed E-state index contributed by atoms with van der Waals surface area (Å²) >= 11 is 12.5. The van der Waals surface area contributed by atoms with E-state index in [4.69, 9.17) is 23.2 Å². The lowest BCUT2D eigenvalue weighted by molar-refractivity contribution is 0.0954. The smallest absolute Gasteiger partial charge is 0.266 e. The molecule has 0 unspecified atom stereocenters. The van der Waals surface area contributed by atoms with Gasteiger partial charge >= 0.3 is 0 Å². The largest absolute Gasteiger partial charge is 0.352 e. The number of sulfonamides is 1. The highest BCUT2D eigenvalue weighted by atomic mass is 35.5. The summed E-state index contributed by atoms with van der Waals surface area (Å²) in [6.45, 7) is 4.04. The number of anilines is 1. The van der Waals surface area contributed by atoms with E-state index in [1.165, 1.54) is 24.3 Å². The number of hydrogen-bond acceptors (Lipinski definition) is 3. The number of halogens is 2. The molecular formula is C24H22Cl2N2O3S. The number of amides is 1. The third kappa shape index (κ3) is 5.51. The van der Waals surface area contributed by atoms with Gasteiger partial charge in [0.15, 0.2) is 0 Å². The van der Waals surface area contributed by atoms with Gasteiger partial charge in [-0.05, 0) is 42.3 Å². The van der Waals surface area contributed by atoms with Crippen LogP contribution in [0.2, 0.25) is 10.0 Å². The highest BCUT2D eigenvalue weighted by molar-refractivity contribution is 7.93. The molecule has 3 aromatic carbocycles. The van der Waals surface area contributed by atoms with Crippen molar-refractivity contribution < 1.29 is 13.2 Å². The maximum absolute atomic E-state index is 13.5. The van der Waals surface area contributed by atoms with E-state index in [0.717, 1.165) is 9.87 Å². The van der Waals surface area contributed by atoms with Crippen LogP contribution in [0.25, 0.3) is 0 Å². The molecule has 0 atom stereocenters. The van der Waals surface area contributed by atoms with Crippen molar-refractivity contribution in [2.75, 3.05) is 17.4 Å². The molecule has 0 saturated heterocycles. The Kier molecular flexibility index (Phi) is 7.96. The van der Waals surface area contributed by atoms with Gasteiger partial charge in [0, 0.05) is 12.1 Å². The van der Waals surface area contributed by atoms with E-state index >= 15 is 0 Å². The van der Waals surface area contributed by atoms with Crippen LogP contribution in [0.3, 0.4) is 0 Å². The first-order valence-electron chi connectivity index (χ1n) is 9.84. The second-order valence-electron chi connectivity index (χ2n) is 6.91. The molecule has 0 heterocycles. The van der Waals surface area contributed by atoms with Crippen LogP contribution in [0.4, 0.5) is 5.69 Å². The van der Waals surface area contributed by atoms with E-state index in [9.17, 15) is 13.2 Å². The van der Waals surface area contributed by atoms with Crippen LogP contribution in [0.5, 0.6) is 0 Å². The average molecular weight is 489 g/mol. The fourth-order valence-corrected chi connectivity index (χ4v) is 5.37. The summed E-state index contributed by atoms with van der Waals surface area (Å²) in [5.74, 6) is -0.387. The maximum atomic E-state index is 13.5. The number of hydrogen-bond donors (Lipinski definition) is 1. The van der Waals surface area contributed by atoms with Gasteiger partial charge in [-0.15, -0.1) is 6.58 Å². The number of rotatable bonds is 9. The molecule has 0 aromatic heterocycles. The molecule has 3 aromatic rings. The molecule has 3 rings (SSSR count). The Labute approximate surface area is 198 Å². The second kappa shape index (κ2) is 10.7. The Balaban J connectivity index is 1.86. The van der Waals surface area contributed by atoms with Crippen LogP contribution < -0.4 is 9.62 Å². The minimum Gasteiger partial charge on any atom is -0.352 e. The van der Waals surface area contributed by atoms with Gasteiger partial charge in [-0.2, -0.15) is 0 Å². The first-order valence-corrected chi connectivity index (χ1v) is 12.0. The topological polar surface area (TPSA) is 66.5 Å². The summed E-state index contributed by atoms with van der Waals surface area (Å²) in [7, 11) is -4.12. The molecule has 0 fully saturated rings. The molecule has 0 saturated carbocycles. The molecule has 1 N–H and O–H groups in total. The molecule has 0 spiro atoms. The SMILES string of the molecule is C=CCN(c1ccccc1Cl)S(=O)(=O)c1cc(C(=O)NCCc2ccccc2)ccc1Cl. The second-order valence-corrected chi connectivity index (χ2v) is 9.56. The van der Waals surface area contributed by atoms with E-state index in [2.05, 4.69) is 11.9 Å². The highest BCUT2D eigenvalue weighted by Gasteiger charge is 2.28. The summed E-state index contributed by atoms with van der Waals surface area (Å²) in [4.78, 5) is 12.5. The molecule has 0 aliphatic heterocycles. The van der Waals surface area contributed by atoms with Crippen molar-refractivity contribution in [3.63, 3.8) is 0 Å². The van der Waals surface area contributed by atoms with Crippen LogP contribution in [0.15, 0.2) is 90.3 Å². The van der Waals surface area contributed by atoms with Gasteiger partial charge in [0.2, 0.25) is 0 Å². The van der Waals surface area contributed by atoms with Gasteiger partial charge in [0.1, 0.15) is 4.90 Å². The minimum absolute atomic E-state index is 0.00644. The van der Waals surface area contributed by atoms with Crippen molar-refractivity contribution in [1.29, 1.82) is 0 Å². The van der Waals surface area contributed by atoms with Gasteiger partial charge < -0.3 is 5.32 Å². The molecule has 32 heavy (non-hydrogen) atoms. The molecule has 5 nitrogen and oxygen atoms in total.